The van der Waals surface area contributed by atoms with Crippen molar-refractivity contribution < 1.29 is 49.3 Å². The van der Waals surface area contributed by atoms with Gasteiger partial charge in [-0.25, -0.2) is 0 Å². The molecule has 11 nitrogen and oxygen atoms in total. The topological polar surface area (TPSA) is 175 Å². The van der Waals surface area contributed by atoms with Gasteiger partial charge >= 0.3 is 5.97 Å². The highest BCUT2D eigenvalue weighted by atomic mass is 16.7. The van der Waals surface area contributed by atoms with Crippen LogP contribution in [0.15, 0.2) is 12.2 Å². The van der Waals surface area contributed by atoms with Gasteiger partial charge in [0.25, 0.3) is 0 Å². The summed E-state index contributed by atoms with van der Waals surface area (Å²) >= 11 is 0. The molecule has 1 aliphatic heterocycles. The lowest BCUT2D eigenvalue weighted by atomic mass is 9.99. The zero-order valence-electron chi connectivity index (χ0n) is 54.7. The molecule has 0 spiro atoms. The molecule has 1 rings (SSSR count). The van der Waals surface area contributed by atoms with Crippen LogP contribution in [-0.4, -0.2) is 100 Å². The largest absolute Gasteiger partial charge is 0.466 e. The van der Waals surface area contributed by atoms with Crippen LogP contribution in [0, 0.1) is 0 Å². The Kier molecular flexibility index (Phi) is 59.3. The molecule has 1 aliphatic rings. The molecule has 7 atom stereocenters. The third-order valence-electron chi connectivity index (χ3n) is 17.7. The summed E-state index contributed by atoms with van der Waals surface area (Å²) in [6.07, 6.45) is 66.3. The Labute approximate surface area is 512 Å². The third-order valence-corrected chi connectivity index (χ3v) is 17.7. The highest BCUT2D eigenvalue weighted by Gasteiger charge is 2.44. The Morgan fingerprint density at radius 3 is 1.12 bits per heavy atom. The fourth-order valence-corrected chi connectivity index (χ4v) is 11.9. The predicted molar refractivity (Wildman–Crippen MR) is 348 cm³/mol. The molecule has 0 radical (unpaired) electrons. The lowest BCUT2D eigenvalue weighted by molar-refractivity contribution is -0.302. The van der Waals surface area contributed by atoms with Crippen LogP contribution in [0.2, 0.25) is 0 Å². The van der Waals surface area contributed by atoms with E-state index in [-0.39, 0.29) is 18.5 Å². The lowest BCUT2D eigenvalue weighted by Gasteiger charge is -2.40. The number of carbonyl (C=O) groups is 2. The summed E-state index contributed by atoms with van der Waals surface area (Å²) in [5.74, 6) is -0.163. The van der Waals surface area contributed by atoms with E-state index in [2.05, 4.69) is 19.2 Å². The number of hydrogen-bond donors (Lipinski definition) is 6. The van der Waals surface area contributed by atoms with E-state index in [0.717, 1.165) is 51.4 Å². The fourth-order valence-electron chi connectivity index (χ4n) is 11.9. The number of nitrogens with one attached hydrogen (secondary N) is 1. The van der Waals surface area contributed by atoms with Crippen molar-refractivity contribution in [2.75, 3.05) is 19.8 Å². The second kappa shape index (κ2) is 62.0. The van der Waals surface area contributed by atoms with Gasteiger partial charge in [-0.1, -0.05) is 341 Å². The van der Waals surface area contributed by atoms with Crippen LogP contribution in [0.5, 0.6) is 0 Å². The van der Waals surface area contributed by atoms with E-state index in [1.54, 1.807) is 6.08 Å². The van der Waals surface area contributed by atoms with Crippen LogP contribution in [-0.2, 0) is 23.8 Å². The molecule has 0 bridgehead atoms. The smallest absolute Gasteiger partial charge is 0.305 e. The Balaban J connectivity index is 1.97. The van der Waals surface area contributed by atoms with Gasteiger partial charge in [0.1, 0.15) is 24.4 Å². The molecule has 7 unspecified atom stereocenters. The van der Waals surface area contributed by atoms with Gasteiger partial charge in [-0.2, -0.15) is 0 Å². The first-order valence-corrected chi connectivity index (χ1v) is 36.5. The molecule has 1 saturated heterocycles. The highest BCUT2D eigenvalue weighted by Crippen LogP contribution is 2.24. The van der Waals surface area contributed by atoms with Gasteiger partial charge in [0, 0.05) is 12.8 Å². The zero-order valence-corrected chi connectivity index (χ0v) is 54.7. The molecule has 6 N–H and O–H groups in total. The van der Waals surface area contributed by atoms with Gasteiger partial charge in [-0.05, 0) is 32.1 Å². The minimum atomic E-state index is -1.57. The molecule has 492 valence electrons. The normalized spacial score (nSPS) is 18.1. The average Bonchev–Trinajstić information content (AvgIpc) is 3.51. The highest BCUT2D eigenvalue weighted by molar-refractivity contribution is 5.76. The number of carbonyl (C=O) groups excluding carboxylic acids is 2. The number of aliphatic hydroxyl groups excluding tert-OH is 5. The summed E-state index contributed by atoms with van der Waals surface area (Å²) in [4.78, 5) is 25.1. The first-order valence-electron chi connectivity index (χ1n) is 36.5. The number of ether oxygens (including phenoxy) is 3. The van der Waals surface area contributed by atoms with Crippen molar-refractivity contribution >= 4 is 11.9 Å². The zero-order chi connectivity index (χ0) is 60.2. The van der Waals surface area contributed by atoms with Crippen molar-refractivity contribution in [3.8, 4) is 0 Å². The average molecular weight is 1180 g/mol. The molecule has 1 amide bonds. The maximum absolute atomic E-state index is 13.1. The SMILES string of the molecule is CCCCCCCCCCCCCCC/C=C/C(O)C(COC1OC(CO)C(O)C(O)C1O)NC(=O)CCCCCCCCCCCCCCCCCCCCCCCCCCCCCCCOC(=O)CCCCCCCCCCCCC. The van der Waals surface area contributed by atoms with Crippen molar-refractivity contribution in [2.45, 2.75) is 416 Å². The molecule has 83 heavy (non-hydrogen) atoms. The number of hydrogen-bond acceptors (Lipinski definition) is 10. The number of rotatable bonds is 65. The summed E-state index contributed by atoms with van der Waals surface area (Å²) in [5, 5.41) is 54.6. The van der Waals surface area contributed by atoms with E-state index in [9.17, 15) is 35.1 Å². The lowest BCUT2D eigenvalue weighted by Crippen LogP contribution is -2.60. The molecular weight excluding hydrogens is 1040 g/mol. The van der Waals surface area contributed by atoms with Crippen molar-refractivity contribution in [3.63, 3.8) is 0 Å². The summed E-state index contributed by atoms with van der Waals surface area (Å²) in [5.41, 5.74) is 0. The van der Waals surface area contributed by atoms with E-state index in [1.807, 2.05) is 6.08 Å². The van der Waals surface area contributed by atoms with Crippen LogP contribution in [0.4, 0.5) is 0 Å². The Morgan fingerprint density at radius 1 is 0.434 bits per heavy atom. The molecule has 1 fully saturated rings. The van der Waals surface area contributed by atoms with Gasteiger partial charge < -0.3 is 45.1 Å². The second-order valence-corrected chi connectivity index (χ2v) is 25.7. The summed E-state index contributed by atoms with van der Waals surface area (Å²) in [6.45, 7) is 4.40. The quantitative estimate of drug-likeness (QED) is 0.0195. The Hall–Kier alpha value is -1.60. The van der Waals surface area contributed by atoms with Gasteiger partial charge in [-0.15, -0.1) is 0 Å². The van der Waals surface area contributed by atoms with Crippen molar-refractivity contribution in [1.29, 1.82) is 0 Å². The van der Waals surface area contributed by atoms with Gasteiger partial charge in [0.2, 0.25) is 5.91 Å². The number of allylic oxidation sites excluding steroid dienone is 1. The first kappa shape index (κ1) is 79.4. The monoisotopic (exact) mass is 1180 g/mol. The van der Waals surface area contributed by atoms with E-state index < -0.39 is 49.5 Å². The van der Waals surface area contributed by atoms with Crippen LogP contribution in [0.1, 0.15) is 373 Å². The second-order valence-electron chi connectivity index (χ2n) is 25.7. The van der Waals surface area contributed by atoms with Gasteiger partial charge in [0.05, 0.1) is 32.0 Å². The summed E-state index contributed by atoms with van der Waals surface area (Å²) in [6, 6.07) is -0.807. The van der Waals surface area contributed by atoms with Crippen molar-refractivity contribution in [3.05, 3.63) is 12.2 Å². The standard InChI is InChI=1S/C72H139NO10/c1-3-5-7-9-11-13-15-16-32-35-39-42-46-50-54-58-65(75)64(63-82-72-71(80)70(79)69(78)66(62-74)83-72)73-67(76)59-55-51-47-43-40-36-33-30-28-26-24-22-20-18-17-19-21-23-25-27-29-31-34-37-41-45-49-53-57-61-81-68(77)60-56-52-48-44-38-14-12-10-8-6-4-2/h54,58,64-66,69-72,74-75,78-80H,3-53,55-57,59-63H2,1-2H3,(H,73,76)/b58-54+. The van der Waals surface area contributed by atoms with Crippen LogP contribution in [0.25, 0.3) is 0 Å². The van der Waals surface area contributed by atoms with E-state index in [4.69, 9.17) is 14.2 Å². The number of esters is 1. The minimum Gasteiger partial charge on any atom is -0.466 e. The van der Waals surface area contributed by atoms with Crippen LogP contribution < -0.4 is 5.32 Å². The summed E-state index contributed by atoms with van der Waals surface area (Å²) in [7, 11) is 0. The molecule has 0 aromatic heterocycles. The predicted octanol–water partition coefficient (Wildman–Crippen LogP) is 18.6. The maximum atomic E-state index is 13.1. The third kappa shape index (κ3) is 51.0. The summed E-state index contributed by atoms with van der Waals surface area (Å²) < 4.78 is 16.8. The molecule has 0 saturated carbocycles. The van der Waals surface area contributed by atoms with Crippen LogP contribution in [0.3, 0.4) is 0 Å². The van der Waals surface area contributed by atoms with E-state index in [1.165, 1.54) is 295 Å². The van der Waals surface area contributed by atoms with Crippen molar-refractivity contribution in [2.24, 2.45) is 0 Å². The van der Waals surface area contributed by atoms with E-state index >= 15 is 0 Å². The maximum Gasteiger partial charge on any atom is 0.305 e. The molecule has 11 heteroatoms. The van der Waals surface area contributed by atoms with Crippen LogP contribution >= 0.6 is 0 Å². The van der Waals surface area contributed by atoms with Crippen molar-refractivity contribution in [1.82, 2.24) is 5.32 Å². The molecule has 1 heterocycles. The number of unbranched alkanes of at least 4 members (excludes halogenated alkanes) is 51. The fraction of sp³-hybridized carbons (Fsp3) is 0.944. The first-order chi connectivity index (χ1) is 40.7. The Morgan fingerprint density at radius 2 is 0.759 bits per heavy atom. The Bertz CT molecular complexity index is 1380. The minimum absolute atomic E-state index is 0.0114. The number of aliphatic hydroxyl groups is 5. The van der Waals surface area contributed by atoms with Gasteiger partial charge in [0.15, 0.2) is 6.29 Å². The van der Waals surface area contributed by atoms with E-state index in [0.29, 0.717) is 19.4 Å². The molecule has 0 aromatic rings. The molecular formula is C72H139NO10. The number of amides is 1. The molecule has 0 aliphatic carbocycles. The molecule has 0 aromatic carbocycles. The van der Waals surface area contributed by atoms with Gasteiger partial charge in [-0.3, -0.25) is 9.59 Å².